The molecule has 3 fully saturated rings. The van der Waals surface area contributed by atoms with Gasteiger partial charge in [0.2, 0.25) is 0 Å². The summed E-state index contributed by atoms with van der Waals surface area (Å²) in [6.07, 6.45) is 11.3. The summed E-state index contributed by atoms with van der Waals surface area (Å²) in [7, 11) is 0. The number of benzene rings is 1. The minimum absolute atomic E-state index is 0.200. The van der Waals surface area contributed by atoms with Gasteiger partial charge in [0.05, 0.1) is 12.7 Å². The summed E-state index contributed by atoms with van der Waals surface area (Å²) >= 11 is 6.26. The Kier molecular flexibility index (Phi) is 6.16. The van der Waals surface area contributed by atoms with Crippen LogP contribution in [0, 0.1) is 17.3 Å². The van der Waals surface area contributed by atoms with Crippen LogP contribution in [0.25, 0.3) is 0 Å². The van der Waals surface area contributed by atoms with Crippen LogP contribution in [0.15, 0.2) is 24.3 Å². The molecule has 3 aliphatic rings. The third kappa shape index (κ3) is 4.38. The van der Waals surface area contributed by atoms with Crippen LogP contribution in [0.4, 0.5) is 0 Å². The fourth-order valence-corrected chi connectivity index (χ4v) is 6.03. The number of hydrogen-bond acceptors (Lipinski definition) is 2. The Balaban J connectivity index is 1.43. The lowest BCUT2D eigenvalue weighted by Gasteiger charge is -2.51. The van der Waals surface area contributed by atoms with E-state index in [0.29, 0.717) is 17.3 Å². The largest absolute Gasteiger partial charge is 0.373 e. The van der Waals surface area contributed by atoms with E-state index in [0.717, 1.165) is 17.7 Å². The molecule has 1 aromatic rings. The first-order valence-electron chi connectivity index (χ1n) is 11.2. The minimum atomic E-state index is 0.200. The molecule has 0 amide bonds. The average molecular weight is 390 g/mol. The van der Waals surface area contributed by atoms with Crippen molar-refractivity contribution in [3.63, 3.8) is 0 Å². The monoisotopic (exact) mass is 389 g/mol. The zero-order valence-corrected chi connectivity index (χ0v) is 17.9. The Morgan fingerprint density at radius 1 is 1.11 bits per heavy atom. The van der Waals surface area contributed by atoms with Gasteiger partial charge in [-0.25, -0.2) is 0 Å². The number of ether oxygens (including phenoxy) is 1. The van der Waals surface area contributed by atoms with Gasteiger partial charge in [0, 0.05) is 11.1 Å². The van der Waals surface area contributed by atoms with Gasteiger partial charge in [0.1, 0.15) is 0 Å². The van der Waals surface area contributed by atoms with Crippen molar-refractivity contribution in [2.24, 2.45) is 17.3 Å². The summed E-state index contributed by atoms with van der Waals surface area (Å²) < 4.78 is 6.59. The molecule has 1 saturated carbocycles. The van der Waals surface area contributed by atoms with Crippen molar-refractivity contribution in [1.82, 2.24) is 4.90 Å². The lowest BCUT2D eigenvalue weighted by atomic mass is 9.66. The fourth-order valence-electron chi connectivity index (χ4n) is 5.83. The zero-order valence-electron chi connectivity index (χ0n) is 17.1. The van der Waals surface area contributed by atoms with Gasteiger partial charge in [-0.2, -0.15) is 0 Å². The van der Waals surface area contributed by atoms with Crippen LogP contribution in [0.5, 0.6) is 0 Å². The van der Waals surface area contributed by atoms with Gasteiger partial charge in [0.15, 0.2) is 0 Å². The Morgan fingerprint density at radius 3 is 2.52 bits per heavy atom. The highest BCUT2D eigenvalue weighted by Gasteiger charge is 2.45. The summed E-state index contributed by atoms with van der Waals surface area (Å²) in [5.74, 6) is 1.21. The van der Waals surface area contributed by atoms with Gasteiger partial charge in [-0.1, -0.05) is 56.8 Å². The van der Waals surface area contributed by atoms with Crippen LogP contribution in [0.2, 0.25) is 5.02 Å². The van der Waals surface area contributed by atoms with E-state index in [1.54, 1.807) is 0 Å². The Hall–Kier alpha value is -0.570. The van der Waals surface area contributed by atoms with Crippen molar-refractivity contribution in [3.05, 3.63) is 34.9 Å². The van der Waals surface area contributed by atoms with E-state index in [2.05, 4.69) is 36.9 Å². The Labute approximate surface area is 170 Å². The number of hydrogen-bond donors (Lipinski definition) is 0. The molecule has 4 rings (SSSR count). The number of piperidine rings is 1. The highest BCUT2D eigenvalue weighted by molar-refractivity contribution is 6.30. The SMILES string of the molecule is CC(C)[C@@H]1CC2(CCN(C3CCCCC3)CC2)CO[C@H]1c1cccc(Cl)c1. The first-order chi connectivity index (χ1) is 13.1. The van der Waals surface area contributed by atoms with E-state index in [-0.39, 0.29) is 6.10 Å². The van der Waals surface area contributed by atoms with Gasteiger partial charge >= 0.3 is 0 Å². The summed E-state index contributed by atoms with van der Waals surface area (Å²) in [6.45, 7) is 8.21. The van der Waals surface area contributed by atoms with E-state index < -0.39 is 0 Å². The third-order valence-electron chi connectivity index (χ3n) is 7.61. The summed E-state index contributed by atoms with van der Waals surface area (Å²) in [6, 6.07) is 9.17. The van der Waals surface area contributed by atoms with Crippen LogP contribution in [0.3, 0.4) is 0 Å². The van der Waals surface area contributed by atoms with Crippen molar-refractivity contribution in [1.29, 1.82) is 0 Å². The van der Waals surface area contributed by atoms with Gasteiger partial charge < -0.3 is 9.64 Å². The zero-order chi connectivity index (χ0) is 18.9. The normalized spacial score (nSPS) is 30.1. The lowest BCUT2D eigenvalue weighted by Crippen LogP contribution is -2.50. The van der Waals surface area contributed by atoms with E-state index in [4.69, 9.17) is 16.3 Å². The molecule has 2 saturated heterocycles. The molecule has 0 bridgehead atoms. The second kappa shape index (κ2) is 8.43. The first kappa shape index (κ1) is 19.7. The van der Waals surface area contributed by atoms with Crippen LogP contribution in [0.1, 0.15) is 76.9 Å². The molecular weight excluding hydrogens is 354 g/mol. The molecule has 1 spiro atoms. The molecule has 0 unspecified atom stereocenters. The highest BCUT2D eigenvalue weighted by Crippen LogP contribution is 2.50. The van der Waals surface area contributed by atoms with E-state index >= 15 is 0 Å². The van der Waals surface area contributed by atoms with Crippen LogP contribution >= 0.6 is 11.6 Å². The second-order valence-corrected chi connectivity index (χ2v) is 10.2. The van der Waals surface area contributed by atoms with E-state index in [1.807, 2.05) is 6.07 Å². The maximum atomic E-state index is 6.59. The van der Waals surface area contributed by atoms with Gasteiger partial charge in [0.25, 0.3) is 0 Å². The minimum Gasteiger partial charge on any atom is -0.373 e. The molecule has 3 heteroatoms. The molecule has 2 aliphatic heterocycles. The molecule has 2 nitrogen and oxygen atoms in total. The van der Waals surface area contributed by atoms with E-state index in [9.17, 15) is 0 Å². The lowest BCUT2D eigenvalue weighted by molar-refractivity contribution is -0.134. The van der Waals surface area contributed by atoms with Crippen molar-refractivity contribution in [2.75, 3.05) is 19.7 Å². The van der Waals surface area contributed by atoms with Crippen LogP contribution in [-0.2, 0) is 4.74 Å². The first-order valence-corrected chi connectivity index (χ1v) is 11.6. The molecular formula is C24H36ClNO. The second-order valence-electron chi connectivity index (χ2n) is 9.73. The van der Waals surface area contributed by atoms with Crippen molar-refractivity contribution in [2.45, 2.75) is 77.4 Å². The molecule has 0 aromatic heterocycles. The molecule has 2 atom stereocenters. The van der Waals surface area contributed by atoms with Crippen LogP contribution in [-0.4, -0.2) is 30.6 Å². The van der Waals surface area contributed by atoms with E-state index in [1.165, 1.54) is 70.0 Å². The number of likely N-dealkylation sites (tertiary alicyclic amines) is 1. The molecule has 0 N–H and O–H groups in total. The summed E-state index contributed by atoms with van der Waals surface area (Å²) in [5.41, 5.74) is 1.66. The number of halogens is 1. The number of rotatable bonds is 3. The quantitative estimate of drug-likeness (QED) is 0.585. The maximum absolute atomic E-state index is 6.59. The molecule has 2 heterocycles. The number of nitrogens with zero attached hydrogens (tertiary/aromatic N) is 1. The average Bonchev–Trinajstić information content (AvgIpc) is 2.69. The molecule has 1 aliphatic carbocycles. The fraction of sp³-hybridized carbons (Fsp3) is 0.750. The standard InChI is InChI=1S/C24H36ClNO/c1-18(2)22-16-24(17-27-23(22)19-7-6-8-20(25)15-19)11-13-26(14-12-24)21-9-4-3-5-10-21/h6-8,15,18,21-23H,3-5,9-14,16-17H2,1-2H3/t22-,23-/m0/s1. The Bertz CT molecular complexity index is 617. The Morgan fingerprint density at radius 2 is 1.85 bits per heavy atom. The van der Waals surface area contributed by atoms with Crippen molar-refractivity contribution in [3.8, 4) is 0 Å². The summed E-state index contributed by atoms with van der Waals surface area (Å²) in [4.78, 5) is 2.80. The van der Waals surface area contributed by atoms with Gasteiger partial charge in [-0.3, -0.25) is 0 Å². The van der Waals surface area contributed by atoms with Crippen LogP contribution < -0.4 is 0 Å². The highest BCUT2D eigenvalue weighted by atomic mass is 35.5. The van der Waals surface area contributed by atoms with Crippen molar-refractivity contribution >= 4 is 11.6 Å². The predicted octanol–water partition coefficient (Wildman–Crippen LogP) is 6.49. The maximum Gasteiger partial charge on any atom is 0.0856 e. The van der Waals surface area contributed by atoms with Gasteiger partial charge in [-0.15, -0.1) is 0 Å². The smallest absolute Gasteiger partial charge is 0.0856 e. The molecule has 1 aromatic carbocycles. The van der Waals surface area contributed by atoms with Crippen molar-refractivity contribution < 1.29 is 4.74 Å². The summed E-state index contributed by atoms with van der Waals surface area (Å²) in [5, 5.41) is 0.819. The molecule has 150 valence electrons. The predicted molar refractivity (Wildman–Crippen MR) is 113 cm³/mol. The topological polar surface area (TPSA) is 12.5 Å². The third-order valence-corrected chi connectivity index (χ3v) is 7.85. The van der Waals surface area contributed by atoms with Gasteiger partial charge in [-0.05, 0) is 80.1 Å². The molecule has 27 heavy (non-hydrogen) atoms. The molecule has 0 radical (unpaired) electrons.